The van der Waals surface area contributed by atoms with Gasteiger partial charge in [-0.3, -0.25) is 5.10 Å². The van der Waals surface area contributed by atoms with Crippen LogP contribution in [0.5, 0.6) is 0 Å². The number of hydrogen-bond acceptors (Lipinski definition) is 8. The maximum atomic E-state index is 12.1. The molecule has 0 saturated carbocycles. The molecule has 10 heteroatoms. The Balaban J connectivity index is 1.56. The zero-order valence-corrected chi connectivity index (χ0v) is 19.2. The Kier molecular flexibility index (Phi) is 4.85. The fraction of sp³-hybridized carbons (Fsp3) is 0.208. The summed E-state index contributed by atoms with van der Waals surface area (Å²) in [6, 6.07) is 14.4. The minimum Gasteiger partial charge on any atom is -0.450 e. The van der Waals surface area contributed by atoms with Crippen LogP contribution in [-0.2, 0) is 14.6 Å². The number of sulfone groups is 1. The quantitative estimate of drug-likeness (QED) is 0.419. The average molecular weight is 476 g/mol. The molecule has 1 saturated heterocycles. The molecule has 0 unspecified atom stereocenters. The number of aromatic amines is 1. The van der Waals surface area contributed by atoms with E-state index in [9.17, 15) is 8.42 Å². The SMILES string of the molecule is CS(=O)(=O)c1cccc(-c2cc3nc(-c4cccc5[nH]ncc45)nc(N4CCOCC4)c3o2)c1. The van der Waals surface area contributed by atoms with Crippen molar-refractivity contribution in [2.75, 3.05) is 37.5 Å². The van der Waals surface area contributed by atoms with Crippen molar-refractivity contribution >= 4 is 37.7 Å². The first kappa shape index (κ1) is 20.8. The van der Waals surface area contributed by atoms with E-state index < -0.39 is 9.84 Å². The molecule has 0 atom stereocenters. The molecule has 6 rings (SSSR count). The maximum absolute atomic E-state index is 12.1. The number of benzene rings is 2. The zero-order chi connectivity index (χ0) is 23.3. The van der Waals surface area contributed by atoms with E-state index in [1.807, 2.05) is 30.3 Å². The average Bonchev–Trinajstić information content (AvgIpc) is 3.50. The van der Waals surface area contributed by atoms with Gasteiger partial charge in [0, 0.05) is 41.9 Å². The van der Waals surface area contributed by atoms with Gasteiger partial charge < -0.3 is 14.1 Å². The van der Waals surface area contributed by atoms with Crippen molar-refractivity contribution < 1.29 is 17.6 Å². The summed E-state index contributed by atoms with van der Waals surface area (Å²) in [6.45, 7) is 2.56. The van der Waals surface area contributed by atoms with Crippen molar-refractivity contribution in [3.8, 4) is 22.7 Å². The van der Waals surface area contributed by atoms with Gasteiger partial charge in [0.2, 0.25) is 0 Å². The van der Waals surface area contributed by atoms with Gasteiger partial charge in [0.05, 0.1) is 29.8 Å². The molecule has 0 radical (unpaired) electrons. The lowest BCUT2D eigenvalue weighted by molar-refractivity contribution is 0.122. The molecular formula is C24H21N5O4S. The van der Waals surface area contributed by atoms with Gasteiger partial charge in [0.25, 0.3) is 0 Å². The van der Waals surface area contributed by atoms with E-state index in [1.165, 1.54) is 6.26 Å². The van der Waals surface area contributed by atoms with Crippen LogP contribution in [0.3, 0.4) is 0 Å². The van der Waals surface area contributed by atoms with E-state index in [4.69, 9.17) is 19.1 Å². The minimum absolute atomic E-state index is 0.234. The molecule has 1 aliphatic rings. The molecule has 9 nitrogen and oxygen atoms in total. The molecule has 0 aliphatic carbocycles. The van der Waals surface area contributed by atoms with E-state index in [-0.39, 0.29) is 4.90 Å². The number of anilines is 1. The van der Waals surface area contributed by atoms with Crippen molar-refractivity contribution in [3.05, 3.63) is 54.7 Å². The van der Waals surface area contributed by atoms with Crippen LogP contribution in [0.15, 0.2) is 64.0 Å². The lowest BCUT2D eigenvalue weighted by Crippen LogP contribution is -2.37. The van der Waals surface area contributed by atoms with Crippen LogP contribution in [0.25, 0.3) is 44.7 Å². The third kappa shape index (κ3) is 3.61. The first-order valence-corrected chi connectivity index (χ1v) is 12.7. The van der Waals surface area contributed by atoms with Crippen molar-refractivity contribution in [2.24, 2.45) is 0 Å². The Labute approximate surface area is 195 Å². The Morgan fingerprint density at radius 3 is 2.68 bits per heavy atom. The van der Waals surface area contributed by atoms with E-state index in [0.717, 1.165) is 16.5 Å². The molecule has 0 amide bonds. The topological polar surface area (TPSA) is 114 Å². The number of H-pyrrole nitrogens is 1. The number of ether oxygens (including phenoxy) is 1. The molecule has 172 valence electrons. The summed E-state index contributed by atoms with van der Waals surface area (Å²) < 4.78 is 35.9. The van der Waals surface area contributed by atoms with Gasteiger partial charge >= 0.3 is 0 Å². The molecule has 4 heterocycles. The van der Waals surface area contributed by atoms with Gasteiger partial charge in [0.1, 0.15) is 11.3 Å². The molecule has 34 heavy (non-hydrogen) atoms. The Hall–Kier alpha value is -3.76. The lowest BCUT2D eigenvalue weighted by atomic mass is 10.1. The number of hydrogen-bond donors (Lipinski definition) is 1. The van der Waals surface area contributed by atoms with Crippen molar-refractivity contribution in [1.82, 2.24) is 20.2 Å². The molecule has 1 fully saturated rings. The molecule has 5 aromatic rings. The number of rotatable bonds is 4. The van der Waals surface area contributed by atoms with E-state index >= 15 is 0 Å². The normalized spacial score (nSPS) is 14.8. The Morgan fingerprint density at radius 1 is 1.03 bits per heavy atom. The second-order valence-electron chi connectivity index (χ2n) is 8.23. The summed E-state index contributed by atoms with van der Waals surface area (Å²) in [4.78, 5) is 12.1. The molecule has 1 aliphatic heterocycles. The Morgan fingerprint density at radius 2 is 1.85 bits per heavy atom. The first-order chi connectivity index (χ1) is 16.5. The van der Waals surface area contributed by atoms with Crippen LogP contribution >= 0.6 is 0 Å². The second-order valence-corrected chi connectivity index (χ2v) is 10.2. The highest BCUT2D eigenvalue weighted by Gasteiger charge is 2.23. The van der Waals surface area contributed by atoms with Gasteiger partial charge in [0.15, 0.2) is 27.1 Å². The molecule has 0 spiro atoms. The summed E-state index contributed by atoms with van der Waals surface area (Å²) in [5.74, 6) is 1.79. The molecule has 2 aromatic carbocycles. The Bertz CT molecular complexity index is 1630. The van der Waals surface area contributed by atoms with E-state index in [0.29, 0.717) is 60.4 Å². The monoisotopic (exact) mass is 475 g/mol. The molecular weight excluding hydrogens is 454 g/mol. The summed E-state index contributed by atoms with van der Waals surface area (Å²) in [6.07, 6.45) is 2.96. The van der Waals surface area contributed by atoms with Gasteiger partial charge in [-0.05, 0) is 18.2 Å². The largest absolute Gasteiger partial charge is 0.450 e. The number of nitrogens with zero attached hydrogens (tertiary/aromatic N) is 4. The number of aromatic nitrogens is 4. The second kappa shape index (κ2) is 7.93. The van der Waals surface area contributed by atoms with Crippen LogP contribution in [0.2, 0.25) is 0 Å². The first-order valence-electron chi connectivity index (χ1n) is 10.8. The minimum atomic E-state index is -3.35. The maximum Gasteiger partial charge on any atom is 0.195 e. The third-order valence-corrected chi connectivity index (χ3v) is 7.05. The van der Waals surface area contributed by atoms with Crippen LogP contribution in [0.1, 0.15) is 0 Å². The molecule has 0 bridgehead atoms. The fourth-order valence-electron chi connectivity index (χ4n) is 4.21. The number of morpholine rings is 1. The fourth-order valence-corrected chi connectivity index (χ4v) is 4.88. The summed E-state index contributed by atoms with van der Waals surface area (Å²) >= 11 is 0. The van der Waals surface area contributed by atoms with Gasteiger partial charge in [-0.15, -0.1) is 0 Å². The van der Waals surface area contributed by atoms with Crippen LogP contribution in [-0.4, -0.2) is 61.1 Å². The highest BCUT2D eigenvalue weighted by molar-refractivity contribution is 7.90. The lowest BCUT2D eigenvalue weighted by Gasteiger charge is -2.27. The number of nitrogens with one attached hydrogen (secondary N) is 1. The number of fused-ring (bicyclic) bond motifs is 2. The van der Waals surface area contributed by atoms with Crippen LogP contribution in [0.4, 0.5) is 5.82 Å². The highest BCUT2D eigenvalue weighted by atomic mass is 32.2. The van der Waals surface area contributed by atoms with Gasteiger partial charge in [-0.1, -0.05) is 24.3 Å². The molecule has 3 aromatic heterocycles. The summed E-state index contributed by atoms with van der Waals surface area (Å²) in [7, 11) is -3.35. The zero-order valence-electron chi connectivity index (χ0n) is 18.4. The predicted octanol–water partition coefficient (Wildman–Crippen LogP) is 3.67. The van der Waals surface area contributed by atoms with Gasteiger partial charge in [-0.2, -0.15) is 5.10 Å². The smallest absolute Gasteiger partial charge is 0.195 e. The highest BCUT2D eigenvalue weighted by Crippen LogP contribution is 2.36. The van der Waals surface area contributed by atoms with Crippen molar-refractivity contribution in [1.29, 1.82) is 0 Å². The summed E-state index contributed by atoms with van der Waals surface area (Å²) in [5.41, 5.74) is 3.63. The standard InChI is InChI=1S/C24H21N5O4S/c1-34(30,31)16-5-2-4-15(12-16)21-13-20-22(33-21)24(29-8-10-32-11-9-29)27-23(26-20)17-6-3-7-19-18(17)14-25-28-19/h2-7,12-14H,8-11H2,1H3,(H,25,28). The predicted molar refractivity (Wildman–Crippen MR) is 128 cm³/mol. The van der Waals surface area contributed by atoms with Crippen LogP contribution in [0, 0.1) is 0 Å². The third-order valence-electron chi connectivity index (χ3n) is 5.94. The van der Waals surface area contributed by atoms with Crippen molar-refractivity contribution in [2.45, 2.75) is 4.90 Å². The van der Waals surface area contributed by atoms with E-state index in [2.05, 4.69) is 15.1 Å². The van der Waals surface area contributed by atoms with E-state index in [1.54, 1.807) is 24.4 Å². The van der Waals surface area contributed by atoms with Gasteiger partial charge in [-0.25, -0.2) is 18.4 Å². The summed E-state index contributed by atoms with van der Waals surface area (Å²) in [5, 5.41) is 8.08. The van der Waals surface area contributed by atoms with Crippen LogP contribution < -0.4 is 4.90 Å². The number of furan rings is 1. The van der Waals surface area contributed by atoms with Crippen molar-refractivity contribution in [3.63, 3.8) is 0 Å². The molecule has 1 N–H and O–H groups in total.